The third-order valence-corrected chi connectivity index (χ3v) is 3.69. The van der Waals surface area contributed by atoms with Crippen LogP contribution >= 0.6 is 0 Å². The van der Waals surface area contributed by atoms with Gasteiger partial charge in [0.15, 0.2) is 11.6 Å². The van der Waals surface area contributed by atoms with Gasteiger partial charge in [-0.1, -0.05) is 6.07 Å². The van der Waals surface area contributed by atoms with E-state index in [1.165, 1.54) is 19.2 Å². The maximum atomic E-state index is 13.7. The Morgan fingerprint density at radius 1 is 1.31 bits per heavy atom. The van der Waals surface area contributed by atoms with Crippen LogP contribution in [0.15, 0.2) is 41.3 Å². The molecule has 1 unspecified atom stereocenters. The summed E-state index contributed by atoms with van der Waals surface area (Å²) in [5.74, 6) is -1.25. The van der Waals surface area contributed by atoms with Crippen molar-refractivity contribution in [2.75, 3.05) is 7.11 Å². The maximum Gasteiger partial charge on any atom is 0.421 e. The molecule has 5 nitrogen and oxygen atoms in total. The highest BCUT2D eigenvalue weighted by Gasteiger charge is 2.34. The van der Waals surface area contributed by atoms with Gasteiger partial charge in [-0.3, -0.25) is 9.59 Å². The molecule has 2 rings (SSSR count). The molecule has 1 aromatic carbocycles. The minimum atomic E-state index is -4.80. The van der Waals surface area contributed by atoms with Crippen LogP contribution in [0.1, 0.15) is 24.1 Å². The average molecular weight is 372 g/mol. The first-order chi connectivity index (χ1) is 12.1. The van der Waals surface area contributed by atoms with Crippen molar-refractivity contribution in [2.24, 2.45) is 0 Å². The molecule has 0 spiro atoms. The van der Waals surface area contributed by atoms with E-state index in [9.17, 15) is 27.2 Å². The van der Waals surface area contributed by atoms with Crippen LogP contribution in [0.4, 0.5) is 17.6 Å². The highest BCUT2D eigenvalue weighted by molar-refractivity contribution is 5.76. The second-order valence-corrected chi connectivity index (χ2v) is 5.54. The topological polar surface area (TPSA) is 60.3 Å². The Bertz CT molecular complexity index is 862. The smallest absolute Gasteiger partial charge is 0.421 e. The molecule has 1 heterocycles. The fourth-order valence-corrected chi connectivity index (χ4v) is 2.35. The lowest BCUT2D eigenvalue weighted by Gasteiger charge is -2.16. The van der Waals surface area contributed by atoms with Crippen molar-refractivity contribution in [2.45, 2.75) is 25.7 Å². The first-order valence-electron chi connectivity index (χ1n) is 7.53. The lowest BCUT2D eigenvalue weighted by atomic mass is 10.1. The van der Waals surface area contributed by atoms with Gasteiger partial charge in [0, 0.05) is 6.20 Å². The molecule has 26 heavy (non-hydrogen) atoms. The number of carbonyl (C=O) groups is 1. The second kappa shape index (κ2) is 7.59. The van der Waals surface area contributed by atoms with E-state index < -0.39 is 41.6 Å². The number of nitrogens with one attached hydrogen (secondary N) is 1. The Balaban J connectivity index is 2.12. The molecule has 1 N–H and O–H groups in total. The number of alkyl halides is 3. The number of halogens is 4. The average Bonchev–Trinajstić information content (AvgIpc) is 2.55. The number of rotatable bonds is 5. The molecule has 0 fully saturated rings. The summed E-state index contributed by atoms with van der Waals surface area (Å²) in [6.07, 6.45) is -3.71. The predicted molar refractivity (Wildman–Crippen MR) is 85.2 cm³/mol. The minimum Gasteiger partial charge on any atom is -0.494 e. The Morgan fingerprint density at radius 3 is 2.58 bits per heavy atom. The van der Waals surface area contributed by atoms with Crippen LogP contribution in [0.2, 0.25) is 0 Å². The SMILES string of the molecule is COc1ccc(C(C)NC(=O)Cn2cccc(C(F)(F)F)c2=O)cc1F. The Kier molecular flexibility index (Phi) is 5.69. The summed E-state index contributed by atoms with van der Waals surface area (Å²) in [6, 6.07) is 5.19. The zero-order valence-electron chi connectivity index (χ0n) is 13.9. The quantitative estimate of drug-likeness (QED) is 0.821. The monoisotopic (exact) mass is 372 g/mol. The molecule has 0 aliphatic carbocycles. The van der Waals surface area contributed by atoms with E-state index in [0.717, 1.165) is 12.3 Å². The second-order valence-electron chi connectivity index (χ2n) is 5.54. The molecule has 1 amide bonds. The number of amides is 1. The number of ether oxygens (including phenoxy) is 1. The summed E-state index contributed by atoms with van der Waals surface area (Å²) in [4.78, 5) is 23.9. The third-order valence-electron chi connectivity index (χ3n) is 3.69. The number of hydrogen-bond acceptors (Lipinski definition) is 3. The van der Waals surface area contributed by atoms with E-state index in [0.29, 0.717) is 16.2 Å². The largest absolute Gasteiger partial charge is 0.494 e. The molecule has 0 aliphatic rings. The first kappa shape index (κ1) is 19.5. The Hall–Kier alpha value is -2.84. The van der Waals surface area contributed by atoms with E-state index in [4.69, 9.17) is 4.74 Å². The first-order valence-corrected chi connectivity index (χ1v) is 7.53. The summed E-state index contributed by atoms with van der Waals surface area (Å²) in [7, 11) is 1.32. The number of pyridine rings is 1. The molecule has 1 atom stereocenters. The van der Waals surface area contributed by atoms with Gasteiger partial charge in [0.2, 0.25) is 5.91 Å². The zero-order valence-corrected chi connectivity index (χ0v) is 13.9. The van der Waals surface area contributed by atoms with Crippen LogP contribution in [0.25, 0.3) is 0 Å². The van der Waals surface area contributed by atoms with Crippen molar-refractivity contribution in [3.63, 3.8) is 0 Å². The van der Waals surface area contributed by atoms with Crippen LogP contribution in [-0.2, 0) is 17.5 Å². The number of aromatic nitrogens is 1. The van der Waals surface area contributed by atoms with Crippen LogP contribution in [0.5, 0.6) is 5.75 Å². The van der Waals surface area contributed by atoms with Gasteiger partial charge in [-0.15, -0.1) is 0 Å². The lowest BCUT2D eigenvalue weighted by Crippen LogP contribution is -2.35. The molecule has 9 heteroatoms. The molecule has 2 aromatic rings. The summed E-state index contributed by atoms with van der Waals surface area (Å²) < 4.78 is 57.4. The fraction of sp³-hybridized carbons (Fsp3) is 0.294. The van der Waals surface area contributed by atoms with Crippen molar-refractivity contribution in [1.29, 1.82) is 0 Å². The summed E-state index contributed by atoms with van der Waals surface area (Å²) in [5, 5.41) is 2.51. The van der Waals surface area contributed by atoms with Crippen LogP contribution in [-0.4, -0.2) is 17.6 Å². The highest BCUT2D eigenvalue weighted by Crippen LogP contribution is 2.26. The summed E-state index contributed by atoms with van der Waals surface area (Å²) in [6.45, 7) is 0.986. The molecule has 140 valence electrons. The Morgan fingerprint density at radius 2 is 2.00 bits per heavy atom. The van der Waals surface area contributed by atoms with Gasteiger partial charge in [0.25, 0.3) is 5.56 Å². The fourth-order valence-electron chi connectivity index (χ4n) is 2.35. The van der Waals surface area contributed by atoms with Gasteiger partial charge >= 0.3 is 6.18 Å². The zero-order chi connectivity index (χ0) is 19.5. The van der Waals surface area contributed by atoms with Crippen LogP contribution < -0.4 is 15.6 Å². The van der Waals surface area contributed by atoms with Gasteiger partial charge in [-0.2, -0.15) is 13.2 Å². The summed E-state index contributed by atoms with van der Waals surface area (Å²) in [5.41, 5.74) is -2.22. The maximum absolute atomic E-state index is 13.7. The number of benzene rings is 1. The van der Waals surface area contributed by atoms with Crippen LogP contribution in [0.3, 0.4) is 0 Å². The molecular formula is C17H16F4N2O3. The molecular weight excluding hydrogens is 356 g/mol. The van der Waals surface area contributed by atoms with Crippen LogP contribution in [0, 0.1) is 5.82 Å². The molecule has 0 aliphatic heterocycles. The van der Waals surface area contributed by atoms with Gasteiger partial charge in [-0.25, -0.2) is 4.39 Å². The van der Waals surface area contributed by atoms with E-state index in [1.54, 1.807) is 13.0 Å². The van der Waals surface area contributed by atoms with E-state index >= 15 is 0 Å². The van der Waals surface area contributed by atoms with Crippen molar-refractivity contribution >= 4 is 5.91 Å². The molecule has 1 aromatic heterocycles. The lowest BCUT2D eigenvalue weighted by molar-refractivity contribution is -0.139. The van der Waals surface area contributed by atoms with Crippen molar-refractivity contribution in [3.8, 4) is 5.75 Å². The number of hydrogen-bond donors (Lipinski definition) is 1. The number of methoxy groups -OCH3 is 1. The highest BCUT2D eigenvalue weighted by atomic mass is 19.4. The third kappa shape index (κ3) is 4.41. The van der Waals surface area contributed by atoms with Gasteiger partial charge in [0.05, 0.1) is 13.2 Å². The van der Waals surface area contributed by atoms with Crippen molar-refractivity contribution in [3.05, 3.63) is 63.8 Å². The van der Waals surface area contributed by atoms with Crippen molar-refractivity contribution in [1.82, 2.24) is 9.88 Å². The van der Waals surface area contributed by atoms with Gasteiger partial charge in [-0.05, 0) is 36.8 Å². The normalized spacial score (nSPS) is 12.5. The Labute approximate surface area is 146 Å². The predicted octanol–water partition coefficient (Wildman–Crippen LogP) is 2.89. The summed E-state index contributed by atoms with van der Waals surface area (Å²) >= 11 is 0. The molecule has 0 saturated carbocycles. The molecule has 0 bridgehead atoms. The van der Waals surface area contributed by atoms with E-state index in [1.807, 2.05) is 0 Å². The van der Waals surface area contributed by atoms with Gasteiger partial charge in [0.1, 0.15) is 12.1 Å². The standard InChI is InChI=1S/C17H16F4N2O3/c1-10(11-5-6-14(26-2)13(18)8-11)22-15(24)9-23-7-3-4-12(16(23)25)17(19,20)21/h3-8,10H,9H2,1-2H3,(H,22,24). The molecule has 0 radical (unpaired) electrons. The van der Waals surface area contributed by atoms with Crippen molar-refractivity contribution < 1.29 is 27.1 Å². The minimum absolute atomic E-state index is 0.0443. The van der Waals surface area contributed by atoms with E-state index in [-0.39, 0.29) is 5.75 Å². The van der Waals surface area contributed by atoms with Gasteiger partial charge < -0.3 is 14.6 Å². The number of carbonyl (C=O) groups excluding carboxylic acids is 1. The number of nitrogens with zero attached hydrogens (tertiary/aromatic N) is 1. The van der Waals surface area contributed by atoms with E-state index in [2.05, 4.69) is 5.32 Å². The molecule has 0 saturated heterocycles.